The van der Waals surface area contributed by atoms with Crippen LogP contribution in [0.25, 0.3) is 5.52 Å². The predicted octanol–water partition coefficient (Wildman–Crippen LogP) is 1.47. The molecule has 3 unspecified atom stereocenters. The van der Waals surface area contributed by atoms with Gasteiger partial charge >= 0.3 is 0 Å². The van der Waals surface area contributed by atoms with E-state index in [2.05, 4.69) is 15.6 Å². The number of hydrogen-bond donors (Lipinski definition) is 2. The third-order valence-electron chi connectivity index (χ3n) is 4.37. The first-order valence-corrected chi connectivity index (χ1v) is 7.25. The molecule has 2 aromatic rings. The molecule has 2 aliphatic rings. The van der Waals surface area contributed by atoms with E-state index in [9.17, 15) is 4.79 Å². The van der Waals surface area contributed by atoms with Crippen molar-refractivity contribution < 1.29 is 4.79 Å². The summed E-state index contributed by atoms with van der Waals surface area (Å²) in [5, 5.41) is 7.13. The lowest BCUT2D eigenvalue weighted by Crippen LogP contribution is -2.48. The molecule has 1 amide bonds. The van der Waals surface area contributed by atoms with Gasteiger partial charge in [-0.15, -0.1) is 0 Å². The van der Waals surface area contributed by atoms with E-state index in [-0.39, 0.29) is 11.9 Å². The molecule has 1 saturated carbocycles. The summed E-state index contributed by atoms with van der Waals surface area (Å²) in [7, 11) is 0. The van der Waals surface area contributed by atoms with Crippen molar-refractivity contribution in [3.05, 3.63) is 35.4 Å². The van der Waals surface area contributed by atoms with Crippen molar-refractivity contribution in [3.63, 3.8) is 0 Å². The quantitative estimate of drug-likeness (QED) is 0.880. The van der Waals surface area contributed by atoms with Gasteiger partial charge in [0, 0.05) is 12.1 Å². The van der Waals surface area contributed by atoms with Crippen LogP contribution in [-0.2, 0) is 0 Å². The van der Waals surface area contributed by atoms with E-state index >= 15 is 0 Å². The van der Waals surface area contributed by atoms with Gasteiger partial charge in [0.05, 0.1) is 5.52 Å². The van der Waals surface area contributed by atoms with Crippen molar-refractivity contribution in [2.45, 2.75) is 24.9 Å². The molecule has 3 atom stereocenters. The van der Waals surface area contributed by atoms with Crippen LogP contribution in [0.15, 0.2) is 24.5 Å². The van der Waals surface area contributed by atoms with E-state index in [4.69, 9.17) is 11.6 Å². The Bertz CT molecular complexity index is 683. The molecule has 6 heteroatoms. The van der Waals surface area contributed by atoms with Crippen molar-refractivity contribution in [3.8, 4) is 0 Å². The summed E-state index contributed by atoms with van der Waals surface area (Å²) in [4.78, 5) is 16.5. The number of rotatable bonds is 2. The standard InChI is InChI=1S/C14H15ClN4O/c15-13-2-1-9-5-12(17-7-19(9)13)14(20)18-11-4-8-3-10(11)16-6-8/h1-2,5,7-8,10-11,16H,3-4,6H2,(H,18,20). The second-order valence-corrected chi connectivity index (χ2v) is 6.04. The molecule has 1 aliphatic heterocycles. The van der Waals surface area contributed by atoms with Gasteiger partial charge in [0.15, 0.2) is 0 Å². The fraction of sp³-hybridized carbons (Fsp3) is 0.429. The van der Waals surface area contributed by atoms with Crippen LogP contribution in [0.3, 0.4) is 0 Å². The molecule has 0 spiro atoms. The molecule has 2 aromatic heterocycles. The minimum atomic E-state index is -0.107. The fourth-order valence-corrected chi connectivity index (χ4v) is 3.56. The van der Waals surface area contributed by atoms with Crippen LogP contribution in [0, 0.1) is 5.92 Å². The van der Waals surface area contributed by atoms with Crippen LogP contribution >= 0.6 is 11.6 Å². The number of halogens is 1. The molecule has 104 valence electrons. The number of carbonyl (C=O) groups excluding carboxylic acids is 1. The Hall–Kier alpha value is -1.59. The zero-order valence-electron chi connectivity index (χ0n) is 10.8. The minimum Gasteiger partial charge on any atom is -0.346 e. The number of hydrogen-bond acceptors (Lipinski definition) is 3. The summed E-state index contributed by atoms with van der Waals surface area (Å²) in [5.41, 5.74) is 1.32. The predicted molar refractivity (Wildman–Crippen MR) is 76.0 cm³/mol. The molecule has 1 saturated heterocycles. The maximum Gasteiger partial charge on any atom is 0.270 e. The molecule has 4 rings (SSSR count). The molecule has 1 aliphatic carbocycles. The Balaban J connectivity index is 1.54. The van der Waals surface area contributed by atoms with Gasteiger partial charge in [0.25, 0.3) is 5.91 Å². The Morgan fingerprint density at radius 2 is 2.35 bits per heavy atom. The lowest BCUT2D eigenvalue weighted by Gasteiger charge is -2.23. The van der Waals surface area contributed by atoms with Gasteiger partial charge in [-0.05, 0) is 43.5 Å². The van der Waals surface area contributed by atoms with Crippen molar-refractivity contribution in [1.29, 1.82) is 0 Å². The highest BCUT2D eigenvalue weighted by Crippen LogP contribution is 2.31. The number of nitrogens with zero attached hydrogens (tertiary/aromatic N) is 2. The molecular weight excluding hydrogens is 276 g/mol. The van der Waals surface area contributed by atoms with Crippen molar-refractivity contribution in [2.24, 2.45) is 5.92 Å². The van der Waals surface area contributed by atoms with Crippen LogP contribution in [0.1, 0.15) is 23.3 Å². The molecule has 20 heavy (non-hydrogen) atoms. The summed E-state index contributed by atoms with van der Waals surface area (Å²) < 4.78 is 1.75. The number of aromatic nitrogens is 2. The number of fused-ring (bicyclic) bond motifs is 3. The summed E-state index contributed by atoms with van der Waals surface area (Å²) in [6.45, 7) is 1.09. The molecule has 2 fully saturated rings. The lowest BCUT2D eigenvalue weighted by atomic mass is 10.1. The average molecular weight is 291 g/mol. The highest BCUT2D eigenvalue weighted by atomic mass is 35.5. The Kier molecular flexibility index (Phi) is 2.72. The van der Waals surface area contributed by atoms with Crippen LogP contribution < -0.4 is 10.6 Å². The first-order valence-electron chi connectivity index (χ1n) is 6.87. The number of carbonyl (C=O) groups is 1. The van der Waals surface area contributed by atoms with E-state index in [1.165, 1.54) is 6.42 Å². The maximum atomic E-state index is 12.3. The zero-order chi connectivity index (χ0) is 13.7. The molecule has 0 radical (unpaired) electrons. The Labute approximate surface area is 121 Å². The Morgan fingerprint density at radius 1 is 1.45 bits per heavy atom. The zero-order valence-corrected chi connectivity index (χ0v) is 11.6. The highest BCUT2D eigenvalue weighted by Gasteiger charge is 2.40. The van der Waals surface area contributed by atoms with Gasteiger partial charge in [0.1, 0.15) is 17.2 Å². The number of amides is 1. The fourth-order valence-electron chi connectivity index (χ4n) is 3.35. The normalized spacial score (nSPS) is 28.1. The van der Waals surface area contributed by atoms with Crippen LogP contribution in [0.5, 0.6) is 0 Å². The molecule has 3 heterocycles. The van der Waals surface area contributed by atoms with E-state index in [1.807, 2.05) is 6.07 Å². The van der Waals surface area contributed by atoms with Gasteiger partial charge in [0.2, 0.25) is 0 Å². The van der Waals surface area contributed by atoms with Gasteiger partial charge < -0.3 is 10.6 Å². The van der Waals surface area contributed by atoms with E-state index in [0.717, 1.165) is 18.5 Å². The monoisotopic (exact) mass is 290 g/mol. The van der Waals surface area contributed by atoms with Crippen LogP contribution in [0.4, 0.5) is 0 Å². The molecular formula is C14H15ClN4O. The Morgan fingerprint density at radius 3 is 3.10 bits per heavy atom. The third-order valence-corrected chi connectivity index (χ3v) is 4.68. The van der Waals surface area contributed by atoms with E-state index < -0.39 is 0 Å². The average Bonchev–Trinajstić information content (AvgIpc) is 3.14. The highest BCUT2D eigenvalue weighted by molar-refractivity contribution is 6.30. The summed E-state index contributed by atoms with van der Waals surface area (Å²) >= 11 is 6.00. The first-order chi connectivity index (χ1) is 9.70. The number of piperidine rings is 1. The largest absolute Gasteiger partial charge is 0.346 e. The third kappa shape index (κ3) is 1.89. The van der Waals surface area contributed by atoms with Gasteiger partial charge in [-0.3, -0.25) is 9.20 Å². The summed E-state index contributed by atoms with van der Waals surface area (Å²) in [5.74, 6) is 0.606. The van der Waals surface area contributed by atoms with Crippen molar-refractivity contribution >= 4 is 23.0 Å². The van der Waals surface area contributed by atoms with E-state index in [0.29, 0.717) is 22.8 Å². The summed E-state index contributed by atoms with van der Waals surface area (Å²) in [6.07, 6.45) is 3.83. The van der Waals surface area contributed by atoms with E-state index in [1.54, 1.807) is 22.9 Å². The van der Waals surface area contributed by atoms with Crippen molar-refractivity contribution in [1.82, 2.24) is 20.0 Å². The number of nitrogens with one attached hydrogen (secondary N) is 2. The molecule has 5 nitrogen and oxygen atoms in total. The smallest absolute Gasteiger partial charge is 0.270 e. The second kappa shape index (κ2) is 4.46. The minimum absolute atomic E-state index is 0.107. The van der Waals surface area contributed by atoms with Gasteiger partial charge in [-0.2, -0.15) is 0 Å². The molecule has 2 bridgehead atoms. The van der Waals surface area contributed by atoms with Crippen molar-refractivity contribution in [2.75, 3.05) is 6.54 Å². The molecule has 2 N–H and O–H groups in total. The van der Waals surface area contributed by atoms with Gasteiger partial charge in [-0.1, -0.05) is 11.6 Å². The lowest BCUT2D eigenvalue weighted by molar-refractivity contribution is 0.0923. The first kappa shape index (κ1) is 12.2. The summed E-state index contributed by atoms with van der Waals surface area (Å²) in [6, 6.07) is 6.09. The SMILES string of the molecule is O=C(NC1CC2CNC1C2)c1cc2ccc(Cl)n2cn1. The molecule has 0 aromatic carbocycles. The van der Waals surface area contributed by atoms with Crippen LogP contribution in [-0.4, -0.2) is 33.9 Å². The second-order valence-electron chi connectivity index (χ2n) is 5.66. The van der Waals surface area contributed by atoms with Gasteiger partial charge in [-0.25, -0.2) is 4.98 Å². The topological polar surface area (TPSA) is 58.4 Å². The van der Waals surface area contributed by atoms with Crippen LogP contribution in [0.2, 0.25) is 5.15 Å². The maximum absolute atomic E-state index is 12.3.